The number of halogens is 17. The first-order valence-electron chi connectivity index (χ1n) is 5.44. The van der Waals surface area contributed by atoms with E-state index in [1.165, 1.54) is 0 Å². The zero-order valence-corrected chi connectivity index (χ0v) is 11.4. The molecule has 0 bridgehead atoms. The van der Waals surface area contributed by atoms with Crippen LogP contribution in [-0.2, 0) is 0 Å². The number of rotatable bonds is 7. The van der Waals surface area contributed by atoms with Gasteiger partial charge in [-0.3, -0.25) is 0 Å². The van der Waals surface area contributed by atoms with Gasteiger partial charge >= 0.3 is 47.8 Å². The van der Waals surface area contributed by atoms with Crippen molar-refractivity contribution in [1.29, 1.82) is 0 Å². The van der Waals surface area contributed by atoms with Gasteiger partial charge in [0.1, 0.15) is 0 Å². The Morgan fingerprint density at radius 1 is 0.370 bits per heavy atom. The molecule has 0 fully saturated rings. The summed E-state index contributed by atoms with van der Waals surface area (Å²) >= 11 is 0. The molecule has 2 nitrogen and oxygen atoms in total. The molecule has 0 rings (SSSR count). The van der Waals surface area contributed by atoms with Crippen LogP contribution < -0.4 is 5.48 Å². The molecule has 0 aliphatic rings. The van der Waals surface area contributed by atoms with E-state index in [0.717, 1.165) is 0 Å². The van der Waals surface area contributed by atoms with Gasteiger partial charge in [-0.1, -0.05) is 0 Å². The Morgan fingerprint density at radius 2 is 0.593 bits per heavy atom. The summed E-state index contributed by atoms with van der Waals surface area (Å²) in [4.78, 5) is 0. The molecule has 0 unspecified atom stereocenters. The van der Waals surface area contributed by atoms with E-state index in [2.05, 4.69) is 0 Å². The van der Waals surface area contributed by atoms with E-state index in [-0.39, 0.29) is 0 Å². The molecule has 0 atom stereocenters. The average Bonchev–Trinajstić information content (AvgIpc) is 2.44. The van der Waals surface area contributed by atoms with E-state index in [9.17, 15) is 74.6 Å². The van der Waals surface area contributed by atoms with Gasteiger partial charge < -0.3 is 5.21 Å². The van der Waals surface area contributed by atoms with Gasteiger partial charge in [0.15, 0.2) is 0 Å². The van der Waals surface area contributed by atoms with Gasteiger partial charge in [0.25, 0.3) is 0 Å². The molecule has 0 heterocycles. The van der Waals surface area contributed by atoms with E-state index in [1.807, 2.05) is 0 Å². The fraction of sp³-hybridized carbons (Fsp3) is 1.00. The van der Waals surface area contributed by atoms with Crippen molar-refractivity contribution in [2.24, 2.45) is 0 Å². The Kier molecular flexibility index (Phi) is 5.83. The molecule has 0 saturated heterocycles. The molecule has 2 N–H and O–H groups in total. The molecule has 0 aromatic heterocycles. The predicted octanol–water partition coefficient (Wildman–Crippen LogP) is 4.93. The minimum absolute atomic E-state index is 1.05. The Bertz CT molecular complexity index is 548. The SMILES string of the molecule is ONC(F)(F)C(F)(F)C(F)(F)C(F)(F)C(F)(F)C(F)(F)C(F)(F)C(F)(F)F. The molecule has 0 aromatic rings. The van der Waals surface area contributed by atoms with Crippen molar-refractivity contribution in [2.45, 2.75) is 47.8 Å². The summed E-state index contributed by atoms with van der Waals surface area (Å²) in [5, 5.41) is 7.49. The molecule has 164 valence electrons. The van der Waals surface area contributed by atoms with Crippen LogP contribution in [0, 0.1) is 0 Å². The Morgan fingerprint density at radius 3 is 0.815 bits per heavy atom. The van der Waals surface area contributed by atoms with Crippen LogP contribution in [0.4, 0.5) is 74.6 Å². The molecule has 0 aliphatic heterocycles. The monoisotopic (exact) mass is 451 g/mol. The quantitative estimate of drug-likeness (QED) is 0.327. The molecule has 0 radical (unpaired) electrons. The molecular formula is C8H2F17NO. The second-order valence-electron chi connectivity index (χ2n) is 4.63. The van der Waals surface area contributed by atoms with Gasteiger partial charge in [0.05, 0.1) is 0 Å². The van der Waals surface area contributed by atoms with Crippen molar-refractivity contribution in [2.75, 3.05) is 0 Å². The van der Waals surface area contributed by atoms with Crippen molar-refractivity contribution in [3.8, 4) is 0 Å². The molecule has 19 heteroatoms. The fourth-order valence-corrected chi connectivity index (χ4v) is 1.23. The lowest BCUT2D eigenvalue weighted by Crippen LogP contribution is -2.75. The van der Waals surface area contributed by atoms with Crippen molar-refractivity contribution < 1.29 is 79.8 Å². The molecule has 0 aromatic carbocycles. The standard InChI is InChI=1S/C8H2F17NO/c9-1(10,3(13,14)5(17,18)7(21,22)23)2(11,12)4(15,16)6(19,20)8(24,25)26-27/h26-27H. The van der Waals surface area contributed by atoms with Gasteiger partial charge in [-0.05, 0) is 0 Å². The fourth-order valence-electron chi connectivity index (χ4n) is 1.23. The molecule has 27 heavy (non-hydrogen) atoms. The summed E-state index contributed by atoms with van der Waals surface area (Å²) in [6.07, 6.45) is -7.79. The molecular weight excluding hydrogens is 449 g/mol. The topological polar surface area (TPSA) is 32.3 Å². The second-order valence-corrected chi connectivity index (χ2v) is 4.63. The number of hydrogen-bond donors (Lipinski definition) is 2. The lowest BCUT2D eigenvalue weighted by Gasteiger charge is -2.42. The summed E-state index contributed by atoms with van der Waals surface area (Å²) in [5.41, 5.74) is -1.05. The van der Waals surface area contributed by atoms with Crippen molar-refractivity contribution in [3.05, 3.63) is 0 Å². The zero-order chi connectivity index (χ0) is 22.7. The molecule has 0 aliphatic carbocycles. The highest BCUT2D eigenvalue weighted by Gasteiger charge is 2.95. The summed E-state index contributed by atoms with van der Waals surface area (Å²) in [6, 6.07) is -6.96. The van der Waals surface area contributed by atoms with Gasteiger partial charge in [0, 0.05) is 0 Å². The largest absolute Gasteiger partial charge is 0.460 e. The third-order valence-corrected chi connectivity index (χ3v) is 2.86. The number of nitrogens with one attached hydrogen (secondary N) is 1. The van der Waals surface area contributed by atoms with E-state index < -0.39 is 53.2 Å². The van der Waals surface area contributed by atoms with Gasteiger partial charge in [-0.25, -0.2) is 0 Å². The van der Waals surface area contributed by atoms with Crippen molar-refractivity contribution >= 4 is 0 Å². The third kappa shape index (κ3) is 3.05. The highest BCUT2D eigenvalue weighted by Crippen LogP contribution is 2.63. The van der Waals surface area contributed by atoms with Gasteiger partial charge in [-0.2, -0.15) is 74.6 Å². The van der Waals surface area contributed by atoms with Crippen molar-refractivity contribution in [1.82, 2.24) is 5.48 Å². The van der Waals surface area contributed by atoms with Crippen molar-refractivity contribution in [3.63, 3.8) is 0 Å². The molecule has 0 amide bonds. The smallest absolute Gasteiger partial charge is 0.311 e. The maximum Gasteiger partial charge on any atom is 0.460 e. The molecule has 0 saturated carbocycles. The predicted molar refractivity (Wildman–Crippen MR) is 45.6 cm³/mol. The number of hydroxylamine groups is 1. The first-order valence-corrected chi connectivity index (χ1v) is 5.44. The normalized spacial score (nSPS) is 16.7. The van der Waals surface area contributed by atoms with Gasteiger partial charge in [0.2, 0.25) is 0 Å². The van der Waals surface area contributed by atoms with Crippen LogP contribution in [0.2, 0.25) is 0 Å². The Balaban J connectivity index is 6.65. The number of alkyl halides is 17. The van der Waals surface area contributed by atoms with E-state index in [0.29, 0.717) is 0 Å². The Labute approximate surface area is 134 Å². The lowest BCUT2D eigenvalue weighted by molar-refractivity contribution is -0.465. The summed E-state index contributed by atoms with van der Waals surface area (Å²) in [5.74, 6) is -50.3. The van der Waals surface area contributed by atoms with E-state index in [4.69, 9.17) is 5.21 Å². The lowest BCUT2D eigenvalue weighted by atomic mass is 9.90. The highest BCUT2D eigenvalue weighted by atomic mass is 19.4. The van der Waals surface area contributed by atoms with Crippen LogP contribution in [-0.4, -0.2) is 53.0 Å². The maximum absolute atomic E-state index is 13.0. The van der Waals surface area contributed by atoms with Crippen LogP contribution in [0.15, 0.2) is 0 Å². The first kappa shape index (κ1) is 25.7. The zero-order valence-electron chi connectivity index (χ0n) is 11.4. The summed E-state index contributed by atoms with van der Waals surface area (Å²) in [7, 11) is 0. The first-order chi connectivity index (χ1) is 11.3. The van der Waals surface area contributed by atoms with E-state index >= 15 is 0 Å². The minimum atomic E-state index is -8.67. The van der Waals surface area contributed by atoms with Crippen LogP contribution in [0.25, 0.3) is 0 Å². The second kappa shape index (κ2) is 6.11. The Hall–Kier alpha value is -1.27. The van der Waals surface area contributed by atoms with Gasteiger partial charge in [-0.15, -0.1) is 5.48 Å². The minimum Gasteiger partial charge on any atom is -0.311 e. The summed E-state index contributed by atoms with van der Waals surface area (Å²) < 4.78 is 213. The number of hydrogen-bond acceptors (Lipinski definition) is 2. The van der Waals surface area contributed by atoms with Crippen LogP contribution in [0.1, 0.15) is 0 Å². The van der Waals surface area contributed by atoms with Crippen LogP contribution in [0.3, 0.4) is 0 Å². The average molecular weight is 451 g/mol. The van der Waals surface area contributed by atoms with E-state index in [1.54, 1.807) is 0 Å². The third-order valence-electron chi connectivity index (χ3n) is 2.86. The maximum atomic E-state index is 13.0. The summed E-state index contributed by atoms with van der Waals surface area (Å²) in [6.45, 7) is 0. The molecule has 0 spiro atoms. The van der Waals surface area contributed by atoms with Crippen LogP contribution >= 0.6 is 0 Å². The van der Waals surface area contributed by atoms with Crippen LogP contribution in [0.5, 0.6) is 0 Å². The highest BCUT2D eigenvalue weighted by molar-refractivity contribution is 5.14.